The van der Waals surface area contributed by atoms with Gasteiger partial charge in [0.15, 0.2) is 0 Å². The van der Waals surface area contributed by atoms with E-state index < -0.39 is 12.6 Å². The maximum atomic E-state index is 12.1. The van der Waals surface area contributed by atoms with Gasteiger partial charge in [-0.25, -0.2) is 0 Å². The molecule has 0 radical (unpaired) electrons. The molecule has 0 aromatic carbocycles. The quantitative estimate of drug-likeness (QED) is 0.795. The van der Waals surface area contributed by atoms with E-state index in [0.29, 0.717) is 0 Å². The Morgan fingerprint density at radius 3 is 2.56 bits per heavy atom. The van der Waals surface area contributed by atoms with Crippen molar-refractivity contribution in [1.82, 2.24) is 5.32 Å². The van der Waals surface area contributed by atoms with Crippen LogP contribution in [0.5, 0.6) is 0 Å². The molecule has 2 nitrogen and oxygen atoms in total. The summed E-state index contributed by atoms with van der Waals surface area (Å²) in [4.78, 5) is 0. The summed E-state index contributed by atoms with van der Waals surface area (Å²) in [6.45, 7) is 7.02. The smallest absolute Gasteiger partial charge is 0.376 e. The third kappa shape index (κ3) is 4.76. The molecule has 0 spiro atoms. The Morgan fingerprint density at radius 1 is 1.33 bits per heavy atom. The Balaban J connectivity index is 2.43. The molecule has 1 aliphatic carbocycles. The summed E-state index contributed by atoms with van der Waals surface area (Å²) in [5.41, 5.74) is 0.0953. The zero-order valence-corrected chi connectivity index (χ0v) is 11.4. The van der Waals surface area contributed by atoms with Crippen molar-refractivity contribution in [3.63, 3.8) is 0 Å². The molecule has 1 N–H and O–H groups in total. The predicted molar refractivity (Wildman–Crippen MR) is 65.5 cm³/mol. The molecule has 1 rings (SSSR count). The first kappa shape index (κ1) is 15.8. The van der Waals surface area contributed by atoms with Gasteiger partial charge in [0, 0.05) is 6.04 Å². The van der Waals surface area contributed by atoms with Gasteiger partial charge in [-0.05, 0) is 31.2 Å². The van der Waals surface area contributed by atoms with Crippen molar-refractivity contribution in [3.05, 3.63) is 0 Å². The van der Waals surface area contributed by atoms with E-state index in [1.807, 2.05) is 0 Å². The summed E-state index contributed by atoms with van der Waals surface area (Å²) in [5, 5.41) is 3.41. The standard InChI is InChI=1S/C13H24F3NO/c1-4-8-17-11-10(5-6-12(11,2)3)18-9-7-13(14,15)16/h10-11,17H,4-9H2,1-3H3. The van der Waals surface area contributed by atoms with Gasteiger partial charge >= 0.3 is 6.18 Å². The Bertz CT molecular complexity index is 253. The van der Waals surface area contributed by atoms with Crippen molar-refractivity contribution >= 4 is 0 Å². The Kier molecular flexibility index (Phi) is 5.46. The Hall–Kier alpha value is -0.290. The zero-order valence-electron chi connectivity index (χ0n) is 11.4. The average Bonchev–Trinajstić information content (AvgIpc) is 2.50. The van der Waals surface area contributed by atoms with Gasteiger partial charge in [0.1, 0.15) is 0 Å². The van der Waals surface area contributed by atoms with Crippen LogP contribution in [-0.2, 0) is 4.74 Å². The molecule has 1 aliphatic rings. The lowest BCUT2D eigenvalue weighted by molar-refractivity contribution is -0.150. The van der Waals surface area contributed by atoms with Crippen LogP contribution in [0.2, 0.25) is 0 Å². The first-order valence-electron chi connectivity index (χ1n) is 6.68. The fraction of sp³-hybridized carbons (Fsp3) is 1.00. The molecular weight excluding hydrogens is 243 g/mol. The molecule has 0 bridgehead atoms. The molecule has 0 amide bonds. The molecule has 1 fully saturated rings. The lowest BCUT2D eigenvalue weighted by Crippen LogP contribution is -2.46. The van der Waals surface area contributed by atoms with Crippen molar-refractivity contribution < 1.29 is 17.9 Å². The molecule has 108 valence electrons. The van der Waals surface area contributed by atoms with Gasteiger partial charge in [0.05, 0.1) is 19.1 Å². The van der Waals surface area contributed by atoms with E-state index in [1.54, 1.807) is 0 Å². The van der Waals surface area contributed by atoms with Crippen LogP contribution in [0, 0.1) is 5.41 Å². The fourth-order valence-electron chi connectivity index (χ4n) is 2.55. The molecule has 18 heavy (non-hydrogen) atoms. The molecule has 0 saturated heterocycles. The molecule has 2 atom stereocenters. The predicted octanol–water partition coefficient (Wildman–Crippen LogP) is 3.51. The van der Waals surface area contributed by atoms with Crippen LogP contribution in [0.1, 0.15) is 46.5 Å². The largest absolute Gasteiger partial charge is 0.391 e. The van der Waals surface area contributed by atoms with Gasteiger partial charge in [-0.15, -0.1) is 0 Å². The first-order valence-corrected chi connectivity index (χ1v) is 6.68. The number of alkyl halides is 3. The van der Waals surface area contributed by atoms with E-state index in [-0.39, 0.29) is 24.2 Å². The maximum absolute atomic E-state index is 12.1. The third-order valence-electron chi connectivity index (χ3n) is 3.62. The lowest BCUT2D eigenvalue weighted by Gasteiger charge is -2.31. The highest BCUT2D eigenvalue weighted by atomic mass is 19.4. The third-order valence-corrected chi connectivity index (χ3v) is 3.62. The molecular formula is C13H24F3NO. The number of ether oxygens (including phenoxy) is 1. The fourth-order valence-corrected chi connectivity index (χ4v) is 2.55. The Labute approximate surface area is 107 Å². The summed E-state index contributed by atoms with van der Waals surface area (Å²) in [7, 11) is 0. The lowest BCUT2D eigenvalue weighted by atomic mass is 9.87. The van der Waals surface area contributed by atoms with Crippen LogP contribution in [0.25, 0.3) is 0 Å². The summed E-state index contributed by atoms with van der Waals surface area (Å²) < 4.78 is 41.7. The number of hydrogen-bond acceptors (Lipinski definition) is 2. The molecule has 0 aromatic rings. The van der Waals surface area contributed by atoms with E-state index in [1.165, 1.54) is 0 Å². The van der Waals surface area contributed by atoms with Crippen molar-refractivity contribution in [2.75, 3.05) is 13.2 Å². The van der Waals surface area contributed by atoms with Crippen LogP contribution in [0.15, 0.2) is 0 Å². The highest BCUT2D eigenvalue weighted by molar-refractivity contribution is 4.97. The van der Waals surface area contributed by atoms with Crippen LogP contribution in [-0.4, -0.2) is 31.5 Å². The normalized spacial score (nSPS) is 27.7. The monoisotopic (exact) mass is 267 g/mol. The number of rotatable bonds is 6. The van der Waals surface area contributed by atoms with Gasteiger partial charge in [0.2, 0.25) is 0 Å². The molecule has 2 unspecified atom stereocenters. The SMILES string of the molecule is CCCNC1C(OCCC(F)(F)F)CCC1(C)C. The van der Waals surface area contributed by atoms with Crippen molar-refractivity contribution in [1.29, 1.82) is 0 Å². The maximum Gasteiger partial charge on any atom is 0.391 e. The molecule has 0 aromatic heterocycles. The average molecular weight is 267 g/mol. The van der Waals surface area contributed by atoms with Crippen molar-refractivity contribution in [3.8, 4) is 0 Å². The van der Waals surface area contributed by atoms with Crippen molar-refractivity contribution in [2.45, 2.75) is 64.8 Å². The van der Waals surface area contributed by atoms with Gasteiger partial charge < -0.3 is 10.1 Å². The van der Waals surface area contributed by atoms with Crippen LogP contribution < -0.4 is 5.32 Å². The van der Waals surface area contributed by atoms with Crippen LogP contribution in [0.4, 0.5) is 13.2 Å². The zero-order chi connectivity index (χ0) is 13.8. The second-order valence-corrected chi connectivity index (χ2v) is 5.73. The molecule has 0 aliphatic heterocycles. The van der Waals surface area contributed by atoms with Gasteiger partial charge in [-0.1, -0.05) is 20.8 Å². The minimum Gasteiger partial charge on any atom is -0.376 e. The molecule has 1 saturated carbocycles. The summed E-state index contributed by atoms with van der Waals surface area (Å²) in [6, 6.07) is 0.158. The van der Waals surface area contributed by atoms with Crippen LogP contribution >= 0.6 is 0 Å². The van der Waals surface area contributed by atoms with Gasteiger partial charge in [-0.3, -0.25) is 0 Å². The topological polar surface area (TPSA) is 21.3 Å². The molecule has 5 heteroatoms. The minimum absolute atomic E-state index is 0.0890. The van der Waals surface area contributed by atoms with E-state index in [9.17, 15) is 13.2 Å². The summed E-state index contributed by atoms with van der Waals surface area (Å²) in [5.74, 6) is 0. The van der Waals surface area contributed by atoms with E-state index in [0.717, 1.165) is 25.8 Å². The Morgan fingerprint density at radius 2 is 2.00 bits per heavy atom. The van der Waals surface area contributed by atoms with E-state index in [2.05, 4.69) is 26.1 Å². The van der Waals surface area contributed by atoms with E-state index >= 15 is 0 Å². The number of halogens is 3. The second kappa shape index (κ2) is 6.24. The number of nitrogens with one attached hydrogen (secondary N) is 1. The second-order valence-electron chi connectivity index (χ2n) is 5.73. The molecule has 0 heterocycles. The van der Waals surface area contributed by atoms with Crippen LogP contribution in [0.3, 0.4) is 0 Å². The first-order chi connectivity index (χ1) is 8.26. The highest BCUT2D eigenvalue weighted by Gasteiger charge is 2.42. The van der Waals surface area contributed by atoms with Gasteiger partial charge in [0.25, 0.3) is 0 Å². The van der Waals surface area contributed by atoms with Gasteiger partial charge in [-0.2, -0.15) is 13.2 Å². The van der Waals surface area contributed by atoms with Crippen molar-refractivity contribution in [2.24, 2.45) is 5.41 Å². The highest BCUT2D eigenvalue weighted by Crippen LogP contribution is 2.39. The summed E-state index contributed by atoms with van der Waals surface area (Å²) >= 11 is 0. The minimum atomic E-state index is -4.12. The summed E-state index contributed by atoms with van der Waals surface area (Å²) in [6.07, 6.45) is -2.22. The van der Waals surface area contributed by atoms with E-state index in [4.69, 9.17) is 4.74 Å². The number of hydrogen-bond donors (Lipinski definition) is 1.